The second-order valence-corrected chi connectivity index (χ2v) is 5.33. The van der Waals surface area contributed by atoms with Crippen molar-refractivity contribution in [3.63, 3.8) is 0 Å². The molecule has 2 heterocycles. The molecule has 0 bridgehead atoms. The SMILES string of the molecule is Cc1c(Br)cnc(Cl)c1N1CC(C(=O)O)CC1=O. The van der Waals surface area contributed by atoms with Crippen LogP contribution in [0.3, 0.4) is 0 Å². The van der Waals surface area contributed by atoms with Gasteiger partial charge in [0.1, 0.15) is 0 Å². The number of nitrogens with zero attached hydrogens (tertiary/aromatic N) is 2. The van der Waals surface area contributed by atoms with Gasteiger partial charge in [-0.1, -0.05) is 11.6 Å². The Balaban J connectivity index is 2.41. The Morgan fingerprint density at radius 2 is 2.33 bits per heavy atom. The van der Waals surface area contributed by atoms with Gasteiger partial charge in [0.15, 0.2) is 5.15 Å². The van der Waals surface area contributed by atoms with Crippen molar-refractivity contribution >= 4 is 45.1 Å². The number of aromatic nitrogens is 1. The van der Waals surface area contributed by atoms with Crippen molar-refractivity contribution in [2.24, 2.45) is 5.92 Å². The van der Waals surface area contributed by atoms with Gasteiger partial charge in [0.25, 0.3) is 0 Å². The third-order valence-electron chi connectivity index (χ3n) is 2.94. The molecule has 96 valence electrons. The van der Waals surface area contributed by atoms with E-state index in [0.717, 1.165) is 10.0 Å². The van der Waals surface area contributed by atoms with Crippen LogP contribution >= 0.6 is 27.5 Å². The lowest BCUT2D eigenvalue weighted by molar-refractivity contribution is -0.141. The summed E-state index contributed by atoms with van der Waals surface area (Å²) in [6.45, 7) is 1.93. The van der Waals surface area contributed by atoms with E-state index < -0.39 is 11.9 Å². The minimum atomic E-state index is -0.970. The molecule has 1 amide bonds. The molecule has 1 aromatic heterocycles. The summed E-state index contributed by atoms with van der Waals surface area (Å²) in [4.78, 5) is 28.2. The van der Waals surface area contributed by atoms with Crippen LogP contribution in [0.5, 0.6) is 0 Å². The van der Waals surface area contributed by atoms with Gasteiger partial charge in [-0.2, -0.15) is 0 Å². The molecule has 1 fully saturated rings. The summed E-state index contributed by atoms with van der Waals surface area (Å²) in [5.74, 6) is -1.90. The van der Waals surface area contributed by atoms with Crippen LogP contribution in [0, 0.1) is 12.8 Å². The van der Waals surface area contributed by atoms with E-state index >= 15 is 0 Å². The van der Waals surface area contributed by atoms with Crippen molar-refractivity contribution in [2.75, 3.05) is 11.4 Å². The van der Waals surface area contributed by atoms with Crippen LogP contribution in [0.1, 0.15) is 12.0 Å². The molecular formula is C11H10BrClN2O3. The number of carbonyl (C=O) groups is 2. The van der Waals surface area contributed by atoms with Crippen LogP contribution in [0.2, 0.25) is 5.15 Å². The molecule has 18 heavy (non-hydrogen) atoms. The first kappa shape index (κ1) is 13.3. The summed E-state index contributed by atoms with van der Waals surface area (Å²) in [6.07, 6.45) is 1.55. The molecule has 7 heteroatoms. The normalized spacial score (nSPS) is 19.4. The van der Waals surface area contributed by atoms with Crippen LogP contribution in [-0.2, 0) is 9.59 Å². The summed E-state index contributed by atoms with van der Waals surface area (Å²) in [5.41, 5.74) is 1.26. The van der Waals surface area contributed by atoms with Crippen molar-refractivity contribution in [2.45, 2.75) is 13.3 Å². The predicted octanol–water partition coefficient (Wildman–Crippen LogP) is 2.24. The maximum atomic E-state index is 11.9. The van der Waals surface area contributed by atoms with Gasteiger partial charge >= 0.3 is 5.97 Å². The standard InChI is InChI=1S/C11H10BrClN2O3/c1-5-7(12)3-14-10(13)9(5)15-4-6(11(17)18)2-8(15)16/h3,6H,2,4H2,1H3,(H,17,18). The van der Waals surface area contributed by atoms with Crippen LogP contribution in [0.15, 0.2) is 10.7 Å². The van der Waals surface area contributed by atoms with Gasteiger partial charge in [-0.25, -0.2) is 4.98 Å². The molecule has 1 aromatic rings. The van der Waals surface area contributed by atoms with Gasteiger partial charge in [-0.3, -0.25) is 9.59 Å². The van der Waals surface area contributed by atoms with E-state index in [4.69, 9.17) is 16.7 Å². The molecule has 1 aliphatic heterocycles. The lowest BCUT2D eigenvalue weighted by atomic mass is 10.1. The monoisotopic (exact) mass is 332 g/mol. The zero-order valence-corrected chi connectivity index (χ0v) is 11.8. The first-order valence-corrected chi connectivity index (χ1v) is 6.42. The number of anilines is 1. The largest absolute Gasteiger partial charge is 0.481 e. The number of carbonyl (C=O) groups excluding carboxylic acids is 1. The Kier molecular flexibility index (Phi) is 3.59. The summed E-state index contributed by atoms with van der Waals surface area (Å²) < 4.78 is 0.730. The highest BCUT2D eigenvalue weighted by Crippen LogP contribution is 2.35. The van der Waals surface area contributed by atoms with Crippen molar-refractivity contribution in [3.05, 3.63) is 21.4 Å². The topological polar surface area (TPSA) is 70.5 Å². The number of halogens is 2. The van der Waals surface area contributed by atoms with E-state index in [9.17, 15) is 9.59 Å². The highest BCUT2D eigenvalue weighted by Gasteiger charge is 2.37. The third kappa shape index (κ3) is 2.22. The lowest BCUT2D eigenvalue weighted by Gasteiger charge is -2.20. The average molecular weight is 334 g/mol. The second kappa shape index (κ2) is 4.85. The van der Waals surface area contributed by atoms with E-state index in [0.29, 0.717) is 5.69 Å². The van der Waals surface area contributed by atoms with E-state index in [-0.39, 0.29) is 24.0 Å². The molecule has 1 saturated heterocycles. The molecule has 0 saturated carbocycles. The van der Waals surface area contributed by atoms with E-state index in [1.165, 1.54) is 4.90 Å². The molecule has 0 radical (unpaired) electrons. The molecule has 0 spiro atoms. The van der Waals surface area contributed by atoms with Gasteiger partial charge in [0.05, 0.1) is 11.6 Å². The van der Waals surface area contributed by atoms with Gasteiger partial charge < -0.3 is 10.0 Å². The number of hydrogen-bond donors (Lipinski definition) is 1. The molecule has 1 aliphatic rings. The first-order chi connectivity index (χ1) is 8.41. The molecule has 1 atom stereocenters. The second-order valence-electron chi connectivity index (χ2n) is 4.11. The number of amides is 1. The van der Waals surface area contributed by atoms with E-state index in [1.54, 1.807) is 13.1 Å². The van der Waals surface area contributed by atoms with E-state index in [1.807, 2.05) is 0 Å². The van der Waals surface area contributed by atoms with Crippen molar-refractivity contribution in [3.8, 4) is 0 Å². The zero-order chi connectivity index (χ0) is 13.4. The fourth-order valence-electron chi connectivity index (χ4n) is 1.94. The van der Waals surface area contributed by atoms with Gasteiger partial charge in [-0.15, -0.1) is 0 Å². The molecule has 2 rings (SSSR count). The number of carboxylic acids is 1. The Bertz CT molecular complexity index is 535. The minimum Gasteiger partial charge on any atom is -0.481 e. The Morgan fingerprint density at radius 1 is 1.67 bits per heavy atom. The predicted molar refractivity (Wildman–Crippen MR) is 69.8 cm³/mol. The molecule has 1 unspecified atom stereocenters. The van der Waals surface area contributed by atoms with Crippen molar-refractivity contribution in [1.29, 1.82) is 0 Å². The average Bonchev–Trinajstić information content (AvgIpc) is 2.67. The summed E-state index contributed by atoms with van der Waals surface area (Å²) in [6, 6.07) is 0. The Labute approximate surface area is 117 Å². The van der Waals surface area contributed by atoms with Gasteiger partial charge in [-0.05, 0) is 28.4 Å². The zero-order valence-electron chi connectivity index (χ0n) is 9.48. The Morgan fingerprint density at radius 3 is 2.89 bits per heavy atom. The highest BCUT2D eigenvalue weighted by molar-refractivity contribution is 9.10. The summed E-state index contributed by atoms with van der Waals surface area (Å²) >= 11 is 9.32. The number of pyridine rings is 1. The van der Waals surface area contributed by atoms with Crippen molar-refractivity contribution in [1.82, 2.24) is 4.98 Å². The lowest BCUT2D eigenvalue weighted by Crippen LogP contribution is -2.27. The first-order valence-electron chi connectivity index (χ1n) is 5.25. The van der Waals surface area contributed by atoms with Crippen LogP contribution < -0.4 is 4.90 Å². The number of hydrogen-bond acceptors (Lipinski definition) is 3. The quantitative estimate of drug-likeness (QED) is 0.843. The summed E-state index contributed by atoms with van der Waals surface area (Å²) in [5, 5.41) is 9.16. The van der Waals surface area contributed by atoms with Gasteiger partial charge in [0.2, 0.25) is 5.91 Å². The third-order valence-corrected chi connectivity index (χ3v) is 4.02. The molecular weight excluding hydrogens is 323 g/mol. The number of rotatable bonds is 2. The number of carboxylic acid groups (broad SMARTS) is 1. The maximum absolute atomic E-state index is 11.9. The fraction of sp³-hybridized carbons (Fsp3) is 0.364. The molecule has 5 nitrogen and oxygen atoms in total. The summed E-state index contributed by atoms with van der Waals surface area (Å²) in [7, 11) is 0. The molecule has 0 aromatic carbocycles. The van der Waals surface area contributed by atoms with Crippen LogP contribution in [-0.4, -0.2) is 28.5 Å². The Hall–Kier alpha value is -1.14. The van der Waals surface area contributed by atoms with Crippen LogP contribution in [0.25, 0.3) is 0 Å². The van der Waals surface area contributed by atoms with Gasteiger partial charge in [0, 0.05) is 23.6 Å². The van der Waals surface area contributed by atoms with Crippen molar-refractivity contribution < 1.29 is 14.7 Å². The maximum Gasteiger partial charge on any atom is 0.308 e. The fourth-order valence-corrected chi connectivity index (χ4v) is 2.52. The smallest absolute Gasteiger partial charge is 0.308 e. The molecule has 0 aliphatic carbocycles. The van der Waals surface area contributed by atoms with Crippen LogP contribution in [0.4, 0.5) is 5.69 Å². The number of aliphatic carboxylic acids is 1. The molecule has 1 N–H and O–H groups in total. The van der Waals surface area contributed by atoms with E-state index in [2.05, 4.69) is 20.9 Å². The minimum absolute atomic E-state index is 0.00237. The highest BCUT2D eigenvalue weighted by atomic mass is 79.9.